The monoisotopic (exact) mass is 728 g/mol. The number of hydrogen-bond acceptors (Lipinski definition) is 8. The molecule has 4 atom stereocenters. The maximum Gasteiger partial charge on any atom is 0.156 e. The molecule has 2 aliphatic carbocycles. The molecule has 2 heterocycles. The van der Waals surface area contributed by atoms with Crippen molar-refractivity contribution in [2.45, 2.75) is 103 Å². The molecule has 0 aromatic heterocycles. The number of fused-ring (bicyclic) bond motifs is 2. The Hall–Kier alpha value is -4.98. The van der Waals surface area contributed by atoms with Crippen LogP contribution in [-0.4, -0.2) is 52.6 Å². The van der Waals surface area contributed by atoms with E-state index in [1.807, 2.05) is 12.1 Å². The van der Waals surface area contributed by atoms with E-state index < -0.39 is 0 Å². The number of ether oxygens (including phenoxy) is 4. The Morgan fingerprint density at radius 1 is 0.352 bits per heavy atom. The Morgan fingerprint density at radius 2 is 0.593 bits per heavy atom. The molecule has 54 heavy (non-hydrogen) atoms. The van der Waals surface area contributed by atoms with E-state index in [-0.39, 0.29) is 24.2 Å². The van der Waals surface area contributed by atoms with Gasteiger partial charge in [0, 0.05) is 47.8 Å². The van der Waals surface area contributed by atoms with Crippen molar-refractivity contribution in [3.8, 4) is 23.0 Å². The van der Waals surface area contributed by atoms with E-state index in [0.29, 0.717) is 0 Å². The predicted molar refractivity (Wildman–Crippen MR) is 220 cm³/mol. The number of hydrogen-bond donors (Lipinski definition) is 0. The molecule has 284 valence electrons. The van der Waals surface area contributed by atoms with Crippen molar-refractivity contribution in [2.24, 2.45) is 0 Å². The van der Waals surface area contributed by atoms with Crippen molar-refractivity contribution in [3.63, 3.8) is 0 Å². The Balaban J connectivity index is 1.52. The number of aryl methyl sites for hydroxylation is 4. The molecule has 0 bridgehead atoms. The summed E-state index contributed by atoms with van der Waals surface area (Å²) < 4.78 is 23.8. The summed E-state index contributed by atoms with van der Waals surface area (Å²) in [5.74, 6) is 5.53. The van der Waals surface area contributed by atoms with Gasteiger partial charge in [-0.15, -0.1) is 0 Å². The number of benzene rings is 4. The summed E-state index contributed by atoms with van der Waals surface area (Å²) in [4.78, 5) is 10.7. The minimum atomic E-state index is 0.240. The Bertz CT molecular complexity index is 1830. The van der Waals surface area contributed by atoms with Crippen molar-refractivity contribution in [3.05, 3.63) is 107 Å². The summed E-state index contributed by atoms with van der Waals surface area (Å²) in [6.45, 7) is 8.90. The van der Waals surface area contributed by atoms with Gasteiger partial charge in [-0.25, -0.2) is 0 Å². The van der Waals surface area contributed by atoms with Gasteiger partial charge in [0.15, 0.2) is 11.6 Å². The largest absolute Gasteiger partial charge is 0.497 e. The van der Waals surface area contributed by atoms with Gasteiger partial charge in [0.25, 0.3) is 0 Å². The fraction of sp³-hybridized carbons (Fsp3) is 0.435. The average molecular weight is 729 g/mol. The fourth-order valence-corrected chi connectivity index (χ4v) is 9.98. The molecular formula is C46H56N4O4. The Labute approximate surface area is 321 Å². The van der Waals surface area contributed by atoms with Crippen LogP contribution in [0.2, 0.25) is 0 Å². The molecule has 4 aromatic rings. The topological polar surface area (TPSA) is 49.9 Å². The lowest BCUT2D eigenvalue weighted by molar-refractivity contribution is 0.392. The fourth-order valence-electron chi connectivity index (χ4n) is 9.98. The molecule has 2 saturated heterocycles. The maximum atomic E-state index is 5.95. The highest BCUT2D eigenvalue weighted by molar-refractivity contribution is 5.78. The van der Waals surface area contributed by atoms with Gasteiger partial charge < -0.3 is 38.5 Å². The number of methoxy groups -OCH3 is 4. The van der Waals surface area contributed by atoms with Crippen LogP contribution >= 0.6 is 0 Å². The van der Waals surface area contributed by atoms with E-state index in [9.17, 15) is 0 Å². The number of anilines is 4. The SMILES string of the molecule is COc1cc(OC)cc(N2/C(=C3/N(c4cc(C)cc(C)c4)C4CCCCC4N3c3cc(OC)cc(OC)c3)N(c3cc(C)cc(C)c3)C3CCCCC32)c1. The lowest BCUT2D eigenvalue weighted by atomic mass is 9.89. The summed E-state index contributed by atoms with van der Waals surface area (Å²) in [6, 6.07) is 27.9. The van der Waals surface area contributed by atoms with Crippen LogP contribution in [0.25, 0.3) is 0 Å². The quantitative estimate of drug-likeness (QED) is 0.178. The molecule has 4 aromatic carbocycles. The lowest BCUT2D eigenvalue weighted by Crippen LogP contribution is -2.40. The number of rotatable bonds is 8. The second kappa shape index (κ2) is 14.7. The van der Waals surface area contributed by atoms with E-state index >= 15 is 0 Å². The maximum absolute atomic E-state index is 5.95. The Morgan fingerprint density at radius 3 is 0.833 bits per heavy atom. The highest BCUT2D eigenvalue weighted by atomic mass is 16.5. The predicted octanol–water partition coefficient (Wildman–Crippen LogP) is 10.1. The minimum Gasteiger partial charge on any atom is -0.497 e. The minimum absolute atomic E-state index is 0.240. The molecule has 2 saturated carbocycles. The summed E-state index contributed by atoms with van der Waals surface area (Å²) in [5.41, 5.74) is 9.71. The molecule has 8 nitrogen and oxygen atoms in total. The van der Waals surface area contributed by atoms with Gasteiger partial charge in [0.2, 0.25) is 0 Å². The highest BCUT2D eigenvalue weighted by Gasteiger charge is 2.54. The standard InChI is InChI=1S/C46H56N4O4/c1-29-17-30(2)20-33(19-29)47-41-13-9-11-15-43(41)49(35-23-37(51-5)27-38(24-35)52-6)45(47)46-48(34-21-31(3)18-32(4)22-34)42-14-10-12-16-44(42)50(46)36-25-39(53-7)28-40(26-36)54-8/h17-28,41-44H,9-16H2,1-8H3/b46-45-. The third-order valence-corrected chi connectivity index (χ3v) is 12.0. The zero-order valence-corrected chi connectivity index (χ0v) is 33.3. The first-order chi connectivity index (χ1) is 26.2. The van der Waals surface area contributed by atoms with Gasteiger partial charge in [-0.1, -0.05) is 37.8 Å². The second-order valence-corrected chi connectivity index (χ2v) is 15.8. The van der Waals surface area contributed by atoms with E-state index in [1.54, 1.807) is 28.4 Å². The van der Waals surface area contributed by atoms with Crippen LogP contribution in [0.5, 0.6) is 23.0 Å². The summed E-state index contributed by atoms with van der Waals surface area (Å²) in [6.07, 6.45) is 9.16. The first-order valence-electron chi connectivity index (χ1n) is 19.7. The van der Waals surface area contributed by atoms with E-state index in [2.05, 4.69) is 108 Å². The van der Waals surface area contributed by atoms with Crippen molar-refractivity contribution in [1.29, 1.82) is 0 Å². The molecule has 0 spiro atoms. The highest BCUT2D eigenvalue weighted by Crippen LogP contribution is 2.53. The molecule has 4 unspecified atom stereocenters. The van der Waals surface area contributed by atoms with Crippen LogP contribution in [0.15, 0.2) is 84.4 Å². The molecular weight excluding hydrogens is 673 g/mol. The molecule has 0 N–H and O–H groups in total. The van der Waals surface area contributed by atoms with Crippen molar-refractivity contribution >= 4 is 22.7 Å². The van der Waals surface area contributed by atoms with Gasteiger partial charge in [-0.2, -0.15) is 0 Å². The van der Waals surface area contributed by atoms with Crippen molar-refractivity contribution in [1.82, 2.24) is 0 Å². The normalized spacial score (nSPS) is 23.7. The summed E-state index contributed by atoms with van der Waals surface area (Å²) in [5, 5.41) is 0. The molecule has 0 radical (unpaired) electrons. The van der Waals surface area contributed by atoms with Gasteiger partial charge >= 0.3 is 0 Å². The zero-order valence-electron chi connectivity index (χ0n) is 33.3. The lowest BCUT2D eigenvalue weighted by Gasteiger charge is -2.36. The van der Waals surface area contributed by atoms with Crippen molar-refractivity contribution in [2.75, 3.05) is 48.0 Å². The first kappa shape index (κ1) is 36.0. The van der Waals surface area contributed by atoms with E-state index in [1.165, 1.54) is 71.0 Å². The molecule has 4 aliphatic rings. The smallest absolute Gasteiger partial charge is 0.156 e. The van der Waals surface area contributed by atoms with Crippen LogP contribution in [-0.2, 0) is 0 Å². The number of nitrogens with zero attached hydrogens (tertiary/aromatic N) is 4. The van der Waals surface area contributed by atoms with Crippen LogP contribution in [0.4, 0.5) is 22.7 Å². The van der Waals surface area contributed by atoms with Gasteiger partial charge in [-0.3, -0.25) is 0 Å². The average Bonchev–Trinajstić information content (AvgIpc) is 3.70. The van der Waals surface area contributed by atoms with Crippen LogP contribution < -0.4 is 38.5 Å². The third-order valence-electron chi connectivity index (χ3n) is 12.0. The third kappa shape index (κ3) is 6.37. The first-order valence-corrected chi connectivity index (χ1v) is 19.7. The van der Waals surface area contributed by atoms with Gasteiger partial charge in [0.1, 0.15) is 23.0 Å². The van der Waals surface area contributed by atoms with Crippen LogP contribution in [0.3, 0.4) is 0 Å². The molecule has 4 fully saturated rings. The molecule has 0 amide bonds. The van der Waals surface area contributed by atoms with Crippen molar-refractivity contribution < 1.29 is 18.9 Å². The molecule has 2 aliphatic heterocycles. The van der Waals surface area contributed by atoms with E-state index in [4.69, 9.17) is 18.9 Å². The molecule has 8 rings (SSSR count). The summed E-state index contributed by atoms with van der Waals surface area (Å²) >= 11 is 0. The van der Waals surface area contributed by atoms with Crippen LogP contribution in [0.1, 0.15) is 73.6 Å². The summed E-state index contributed by atoms with van der Waals surface area (Å²) in [7, 11) is 6.98. The Kier molecular flexibility index (Phi) is 9.80. The van der Waals surface area contributed by atoms with Gasteiger partial charge in [-0.05, 0) is 99.9 Å². The van der Waals surface area contributed by atoms with Gasteiger partial charge in [0.05, 0.1) is 64.0 Å². The van der Waals surface area contributed by atoms with Crippen LogP contribution in [0, 0.1) is 27.7 Å². The van der Waals surface area contributed by atoms with E-state index in [0.717, 1.165) is 60.1 Å². The molecule has 8 heteroatoms. The second-order valence-electron chi connectivity index (χ2n) is 15.8. The zero-order chi connectivity index (χ0) is 37.7.